The van der Waals surface area contributed by atoms with Gasteiger partial charge in [0, 0.05) is 18.8 Å². The molecule has 0 atom stereocenters. The number of aromatic nitrogens is 2. The molecule has 0 radical (unpaired) electrons. The van der Waals surface area contributed by atoms with Crippen LogP contribution < -0.4 is 10.9 Å². The van der Waals surface area contributed by atoms with Crippen LogP contribution in [-0.2, 0) is 11.3 Å². The maximum absolute atomic E-state index is 12.9. The summed E-state index contributed by atoms with van der Waals surface area (Å²) < 4.78 is 14.4. The molecule has 6 nitrogen and oxygen atoms in total. The van der Waals surface area contributed by atoms with Gasteiger partial charge in [-0.05, 0) is 42.8 Å². The number of hydrogen-bond donors (Lipinski definition) is 2. The molecule has 3 aromatic rings. The van der Waals surface area contributed by atoms with Crippen LogP contribution in [0.1, 0.15) is 6.42 Å². The standard InChI is InChI=1S/C19H18FN3O3S/c20-13-6-8-14(9-7-13)21-17(25)12-27-19-22-16-5-2-1-4-15(16)18(26)23(19)10-3-11-24/h1-2,4-9,24H,3,10-12H2,(H,21,25). The Morgan fingerprint density at radius 1 is 1.19 bits per heavy atom. The fraction of sp³-hybridized carbons (Fsp3) is 0.211. The fourth-order valence-electron chi connectivity index (χ4n) is 2.54. The highest BCUT2D eigenvalue weighted by Crippen LogP contribution is 2.19. The minimum absolute atomic E-state index is 0.0429. The number of anilines is 1. The molecule has 0 unspecified atom stereocenters. The number of amides is 1. The summed E-state index contributed by atoms with van der Waals surface area (Å²) >= 11 is 1.14. The third-order valence-corrected chi connectivity index (χ3v) is 4.80. The lowest BCUT2D eigenvalue weighted by Crippen LogP contribution is -2.24. The molecule has 8 heteroatoms. The molecule has 0 aliphatic rings. The Morgan fingerprint density at radius 3 is 2.67 bits per heavy atom. The van der Waals surface area contributed by atoms with E-state index in [1.807, 2.05) is 0 Å². The molecule has 2 aromatic carbocycles. The molecule has 0 bridgehead atoms. The summed E-state index contributed by atoms with van der Waals surface area (Å²) in [5.74, 6) is -0.625. The van der Waals surface area contributed by atoms with E-state index in [-0.39, 0.29) is 29.6 Å². The van der Waals surface area contributed by atoms with Crippen LogP contribution in [0.3, 0.4) is 0 Å². The summed E-state index contributed by atoms with van der Waals surface area (Å²) in [4.78, 5) is 29.4. The maximum atomic E-state index is 12.9. The molecular weight excluding hydrogens is 369 g/mol. The molecule has 0 aliphatic heterocycles. The summed E-state index contributed by atoms with van der Waals surface area (Å²) in [6.45, 7) is 0.267. The third kappa shape index (κ3) is 4.72. The maximum Gasteiger partial charge on any atom is 0.262 e. The van der Waals surface area contributed by atoms with Crippen molar-refractivity contribution in [1.82, 2.24) is 9.55 Å². The van der Waals surface area contributed by atoms with E-state index in [2.05, 4.69) is 10.3 Å². The Bertz CT molecular complexity index is 1010. The predicted octanol–water partition coefficient (Wildman–Crippen LogP) is 2.65. The van der Waals surface area contributed by atoms with Gasteiger partial charge in [0.25, 0.3) is 5.56 Å². The number of thioether (sulfide) groups is 1. The molecule has 0 fully saturated rings. The van der Waals surface area contributed by atoms with Crippen molar-refractivity contribution in [3.8, 4) is 0 Å². The Kier molecular flexibility index (Phi) is 6.20. The average molecular weight is 387 g/mol. The molecule has 3 rings (SSSR count). The van der Waals surface area contributed by atoms with E-state index in [9.17, 15) is 14.0 Å². The van der Waals surface area contributed by atoms with Crippen LogP contribution in [0, 0.1) is 5.82 Å². The number of aliphatic hydroxyl groups is 1. The van der Waals surface area contributed by atoms with Gasteiger partial charge in [0.1, 0.15) is 5.82 Å². The average Bonchev–Trinajstić information content (AvgIpc) is 2.68. The summed E-state index contributed by atoms with van der Waals surface area (Å²) in [7, 11) is 0. The first kappa shape index (κ1) is 19.1. The van der Waals surface area contributed by atoms with Crippen molar-refractivity contribution in [3.05, 3.63) is 64.7 Å². The summed E-state index contributed by atoms with van der Waals surface area (Å²) in [6.07, 6.45) is 0.412. The zero-order valence-electron chi connectivity index (χ0n) is 14.4. The van der Waals surface area contributed by atoms with Crippen molar-refractivity contribution in [2.45, 2.75) is 18.1 Å². The number of rotatable bonds is 7. The first-order valence-corrected chi connectivity index (χ1v) is 9.35. The number of aliphatic hydroxyl groups excluding tert-OH is 1. The molecule has 2 N–H and O–H groups in total. The highest BCUT2D eigenvalue weighted by atomic mass is 32.2. The molecule has 27 heavy (non-hydrogen) atoms. The van der Waals surface area contributed by atoms with Gasteiger partial charge < -0.3 is 10.4 Å². The molecule has 140 valence electrons. The minimum Gasteiger partial charge on any atom is -0.396 e. The van der Waals surface area contributed by atoms with Gasteiger partial charge >= 0.3 is 0 Å². The minimum atomic E-state index is -0.379. The molecule has 0 aliphatic carbocycles. The molecule has 1 amide bonds. The number of hydrogen-bond acceptors (Lipinski definition) is 5. The number of nitrogens with one attached hydrogen (secondary N) is 1. The Hall–Kier alpha value is -2.71. The van der Waals surface area contributed by atoms with Crippen molar-refractivity contribution < 1.29 is 14.3 Å². The second kappa shape index (κ2) is 8.79. The lowest BCUT2D eigenvalue weighted by atomic mass is 10.2. The molecule has 0 saturated carbocycles. The summed E-state index contributed by atoms with van der Waals surface area (Å²) in [5, 5.41) is 12.7. The van der Waals surface area contributed by atoms with Gasteiger partial charge in [0.2, 0.25) is 5.91 Å². The van der Waals surface area contributed by atoms with Crippen molar-refractivity contribution >= 4 is 34.3 Å². The van der Waals surface area contributed by atoms with Gasteiger partial charge in [-0.25, -0.2) is 9.37 Å². The monoisotopic (exact) mass is 387 g/mol. The fourth-order valence-corrected chi connectivity index (χ4v) is 3.37. The van der Waals surface area contributed by atoms with E-state index in [1.54, 1.807) is 24.3 Å². The molecule has 0 saturated heterocycles. The van der Waals surface area contributed by atoms with Crippen molar-refractivity contribution in [3.63, 3.8) is 0 Å². The van der Waals surface area contributed by atoms with E-state index in [4.69, 9.17) is 5.11 Å². The van der Waals surface area contributed by atoms with Gasteiger partial charge in [0.05, 0.1) is 16.7 Å². The van der Waals surface area contributed by atoms with Gasteiger partial charge in [-0.1, -0.05) is 23.9 Å². The first-order valence-electron chi connectivity index (χ1n) is 8.37. The van der Waals surface area contributed by atoms with Gasteiger partial charge in [0.15, 0.2) is 5.16 Å². The number of fused-ring (bicyclic) bond motifs is 1. The lowest BCUT2D eigenvalue weighted by molar-refractivity contribution is -0.113. The van der Waals surface area contributed by atoms with E-state index < -0.39 is 0 Å². The Morgan fingerprint density at radius 2 is 1.93 bits per heavy atom. The first-order chi connectivity index (χ1) is 13.1. The zero-order chi connectivity index (χ0) is 19.2. The quantitative estimate of drug-likeness (QED) is 0.481. The van der Waals surface area contributed by atoms with Gasteiger partial charge in [-0.15, -0.1) is 0 Å². The van der Waals surface area contributed by atoms with Crippen LogP contribution in [0.25, 0.3) is 10.9 Å². The molecule has 0 spiro atoms. The Labute approximate surface area is 159 Å². The van der Waals surface area contributed by atoms with E-state index in [0.29, 0.717) is 34.7 Å². The highest BCUT2D eigenvalue weighted by Gasteiger charge is 2.13. The van der Waals surface area contributed by atoms with E-state index in [0.717, 1.165) is 11.8 Å². The molecule has 1 aromatic heterocycles. The van der Waals surface area contributed by atoms with E-state index in [1.165, 1.54) is 28.8 Å². The predicted molar refractivity (Wildman–Crippen MR) is 103 cm³/mol. The lowest BCUT2D eigenvalue weighted by Gasteiger charge is -2.12. The van der Waals surface area contributed by atoms with Crippen LogP contribution in [0.2, 0.25) is 0 Å². The van der Waals surface area contributed by atoms with E-state index >= 15 is 0 Å². The zero-order valence-corrected chi connectivity index (χ0v) is 15.2. The number of benzene rings is 2. The van der Waals surface area contributed by atoms with Crippen molar-refractivity contribution in [2.75, 3.05) is 17.7 Å². The number of halogens is 1. The largest absolute Gasteiger partial charge is 0.396 e. The highest BCUT2D eigenvalue weighted by molar-refractivity contribution is 7.99. The van der Waals surface area contributed by atoms with Crippen LogP contribution in [-0.4, -0.2) is 32.9 Å². The normalized spacial score (nSPS) is 10.9. The second-order valence-electron chi connectivity index (χ2n) is 5.79. The summed E-state index contributed by atoms with van der Waals surface area (Å²) in [6, 6.07) is 12.5. The number of nitrogens with zero attached hydrogens (tertiary/aromatic N) is 2. The SMILES string of the molecule is O=C(CSc1nc2ccccc2c(=O)n1CCCO)Nc1ccc(F)cc1. The topological polar surface area (TPSA) is 84.2 Å². The summed E-state index contributed by atoms with van der Waals surface area (Å²) in [5.41, 5.74) is 0.853. The molecule has 1 heterocycles. The van der Waals surface area contributed by atoms with Crippen LogP contribution in [0.5, 0.6) is 0 Å². The Balaban J connectivity index is 1.79. The number of carbonyl (C=O) groups excluding carboxylic acids is 1. The third-order valence-electron chi connectivity index (χ3n) is 3.83. The second-order valence-corrected chi connectivity index (χ2v) is 6.73. The van der Waals surface area contributed by atoms with Gasteiger partial charge in [-0.2, -0.15) is 0 Å². The van der Waals surface area contributed by atoms with Crippen LogP contribution in [0.4, 0.5) is 10.1 Å². The van der Waals surface area contributed by atoms with Crippen LogP contribution >= 0.6 is 11.8 Å². The van der Waals surface area contributed by atoms with Gasteiger partial charge in [-0.3, -0.25) is 14.2 Å². The van der Waals surface area contributed by atoms with Crippen molar-refractivity contribution in [2.24, 2.45) is 0 Å². The number of para-hydroxylation sites is 1. The molecular formula is C19H18FN3O3S. The number of carbonyl (C=O) groups is 1. The van der Waals surface area contributed by atoms with Crippen molar-refractivity contribution in [1.29, 1.82) is 0 Å². The smallest absolute Gasteiger partial charge is 0.262 e. The van der Waals surface area contributed by atoms with Crippen LogP contribution in [0.15, 0.2) is 58.5 Å².